The molecule has 4 heteroatoms. The third kappa shape index (κ3) is 3.87. The summed E-state index contributed by atoms with van der Waals surface area (Å²) in [6.07, 6.45) is 5.16. The molecular weight excluding hydrogens is 326 g/mol. The third-order valence-corrected chi connectivity index (χ3v) is 5.18. The smallest absolute Gasteiger partial charge is 0.133 e. The SMILES string of the molecule is COc1ccc(CNCC2(CCl)CCCC2)cc1Br. The average molecular weight is 347 g/mol. The van der Waals surface area contributed by atoms with Crippen molar-refractivity contribution in [2.75, 3.05) is 19.5 Å². The Morgan fingerprint density at radius 2 is 2.11 bits per heavy atom. The number of alkyl halides is 1. The highest BCUT2D eigenvalue weighted by atomic mass is 79.9. The van der Waals surface area contributed by atoms with E-state index in [-0.39, 0.29) is 0 Å². The Labute approximate surface area is 129 Å². The molecule has 1 saturated carbocycles. The van der Waals surface area contributed by atoms with Gasteiger partial charge in [0.05, 0.1) is 11.6 Å². The standard InChI is InChI=1S/C15H21BrClNO/c1-19-14-5-4-12(8-13(14)16)9-18-11-15(10-17)6-2-3-7-15/h4-5,8,18H,2-3,6-7,9-11H2,1H3. The maximum Gasteiger partial charge on any atom is 0.133 e. The van der Waals surface area contributed by atoms with Crippen LogP contribution in [0.2, 0.25) is 0 Å². The first-order valence-corrected chi connectivity index (χ1v) is 8.11. The van der Waals surface area contributed by atoms with Crippen LogP contribution in [0.15, 0.2) is 22.7 Å². The van der Waals surface area contributed by atoms with E-state index in [2.05, 4.69) is 33.4 Å². The van der Waals surface area contributed by atoms with Crippen LogP contribution < -0.4 is 10.1 Å². The van der Waals surface area contributed by atoms with Gasteiger partial charge >= 0.3 is 0 Å². The van der Waals surface area contributed by atoms with Crippen molar-refractivity contribution in [2.45, 2.75) is 32.2 Å². The van der Waals surface area contributed by atoms with E-state index in [1.165, 1.54) is 31.2 Å². The van der Waals surface area contributed by atoms with Gasteiger partial charge in [0.2, 0.25) is 0 Å². The lowest BCUT2D eigenvalue weighted by Gasteiger charge is -2.26. The molecule has 2 rings (SSSR count). The minimum absolute atomic E-state index is 0.325. The molecule has 0 saturated heterocycles. The summed E-state index contributed by atoms with van der Waals surface area (Å²) in [5, 5.41) is 3.55. The molecule has 1 aromatic carbocycles. The summed E-state index contributed by atoms with van der Waals surface area (Å²) in [6.45, 7) is 1.89. The molecule has 106 valence electrons. The third-order valence-electron chi connectivity index (χ3n) is 3.99. The molecule has 1 fully saturated rings. The van der Waals surface area contributed by atoms with Crippen molar-refractivity contribution in [3.05, 3.63) is 28.2 Å². The fourth-order valence-corrected chi connectivity index (χ4v) is 3.72. The van der Waals surface area contributed by atoms with Crippen molar-refractivity contribution in [2.24, 2.45) is 5.41 Å². The van der Waals surface area contributed by atoms with E-state index in [1.807, 2.05) is 6.07 Å². The lowest BCUT2D eigenvalue weighted by molar-refractivity contribution is 0.320. The molecule has 1 aliphatic carbocycles. The highest BCUT2D eigenvalue weighted by Gasteiger charge is 2.32. The topological polar surface area (TPSA) is 21.3 Å². The Morgan fingerprint density at radius 1 is 1.37 bits per heavy atom. The van der Waals surface area contributed by atoms with Crippen LogP contribution in [0, 0.1) is 5.41 Å². The van der Waals surface area contributed by atoms with Gasteiger partial charge in [-0.3, -0.25) is 0 Å². The first-order valence-electron chi connectivity index (χ1n) is 6.78. The zero-order chi connectivity index (χ0) is 13.7. The van der Waals surface area contributed by atoms with Crippen molar-refractivity contribution in [1.29, 1.82) is 0 Å². The van der Waals surface area contributed by atoms with E-state index in [1.54, 1.807) is 7.11 Å². The van der Waals surface area contributed by atoms with E-state index in [0.717, 1.165) is 29.2 Å². The second kappa shape index (κ2) is 6.96. The predicted octanol–water partition coefficient (Wildman–Crippen LogP) is 4.35. The molecule has 0 atom stereocenters. The number of hydrogen-bond acceptors (Lipinski definition) is 2. The maximum absolute atomic E-state index is 6.15. The Bertz CT molecular complexity index is 419. The number of rotatable bonds is 6. The first-order chi connectivity index (χ1) is 9.19. The summed E-state index contributed by atoms with van der Waals surface area (Å²) >= 11 is 9.66. The van der Waals surface area contributed by atoms with Crippen LogP contribution >= 0.6 is 27.5 Å². The molecule has 2 nitrogen and oxygen atoms in total. The lowest BCUT2D eigenvalue weighted by Crippen LogP contribution is -2.33. The van der Waals surface area contributed by atoms with E-state index in [4.69, 9.17) is 16.3 Å². The fourth-order valence-electron chi connectivity index (χ4n) is 2.77. The molecule has 0 aromatic heterocycles. The van der Waals surface area contributed by atoms with Gasteiger partial charge in [-0.25, -0.2) is 0 Å². The van der Waals surface area contributed by atoms with Crippen molar-refractivity contribution in [1.82, 2.24) is 5.32 Å². The Kier molecular flexibility index (Phi) is 5.55. The molecule has 0 bridgehead atoms. The van der Waals surface area contributed by atoms with Crippen LogP contribution in [0.1, 0.15) is 31.2 Å². The molecule has 1 N–H and O–H groups in total. The van der Waals surface area contributed by atoms with Gasteiger partial charge in [0.25, 0.3) is 0 Å². The van der Waals surface area contributed by atoms with Crippen molar-refractivity contribution in [3.8, 4) is 5.75 Å². The molecule has 0 spiro atoms. The second-order valence-corrected chi connectivity index (χ2v) is 6.53. The summed E-state index contributed by atoms with van der Waals surface area (Å²) in [5.41, 5.74) is 1.58. The minimum atomic E-state index is 0.325. The molecule has 19 heavy (non-hydrogen) atoms. The van der Waals surface area contributed by atoms with Crippen molar-refractivity contribution >= 4 is 27.5 Å². The normalized spacial score (nSPS) is 17.6. The fraction of sp³-hybridized carbons (Fsp3) is 0.600. The molecule has 1 aromatic rings. The number of ether oxygens (including phenoxy) is 1. The largest absolute Gasteiger partial charge is 0.496 e. The number of nitrogens with one attached hydrogen (secondary N) is 1. The van der Waals surface area contributed by atoms with Crippen LogP contribution in [0.3, 0.4) is 0 Å². The molecule has 0 aliphatic heterocycles. The Balaban J connectivity index is 1.87. The molecular formula is C15H21BrClNO. The first kappa shape index (κ1) is 15.1. The summed E-state index contributed by atoms with van der Waals surface area (Å²) in [4.78, 5) is 0. The Morgan fingerprint density at radius 3 is 2.68 bits per heavy atom. The maximum atomic E-state index is 6.15. The minimum Gasteiger partial charge on any atom is -0.496 e. The summed E-state index contributed by atoms with van der Waals surface area (Å²) in [5.74, 6) is 1.64. The van der Waals surface area contributed by atoms with Gasteiger partial charge in [-0.15, -0.1) is 11.6 Å². The summed E-state index contributed by atoms with van der Waals surface area (Å²) < 4.78 is 6.24. The highest BCUT2D eigenvalue weighted by molar-refractivity contribution is 9.10. The van der Waals surface area contributed by atoms with Gasteiger partial charge in [0, 0.05) is 19.0 Å². The van der Waals surface area contributed by atoms with Crippen LogP contribution in [0.4, 0.5) is 0 Å². The van der Waals surface area contributed by atoms with Gasteiger partial charge in [-0.1, -0.05) is 18.9 Å². The highest BCUT2D eigenvalue weighted by Crippen LogP contribution is 2.38. The van der Waals surface area contributed by atoms with Gasteiger partial charge in [-0.2, -0.15) is 0 Å². The van der Waals surface area contributed by atoms with Gasteiger partial charge in [-0.05, 0) is 51.9 Å². The van der Waals surface area contributed by atoms with Crippen LogP contribution in [-0.2, 0) is 6.54 Å². The second-order valence-electron chi connectivity index (χ2n) is 5.41. The van der Waals surface area contributed by atoms with Crippen LogP contribution in [-0.4, -0.2) is 19.5 Å². The van der Waals surface area contributed by atoms with E-state index < -0.39 is 0 Å². The zero-order valence-corrected chi connectivity index (χ0v) is 13.7. The molecule has 0 heterocycles. The van der Waals surface area contributed by atoms with Gasteiger partial charge in [0.1, 0.15) is 5.75 Å². The number of halogens is 2. The van der Waals surface area contributed by atoms with E-state index in [9.17, 15) is 0 Å². The average Bonchev–Trinajstić information content (AvgIpc) is 2.88. The quantitative estimate of drug-likeness (QED) is 0.773. The van der Waals surface area contributed by atoms with Crippen molar-refractivity contribution < 1.29 is 4.74 Å². The summed E-state index contributed by atoms with van der Waals surface area (Å²) in [7, 11) is 1.68. The molecule has 0 unspecified atom stereocenters. The van der Waals surface area contributed by atoms with E-state index in [0.29, 0.717) is 5.41 Å². The monoisotopic (exact) mass is 345 g/mol. The number of hydrogen-bond donors (Lipinski definition) is 1. The molecule has 0 radical (unpaired) electrons. The lowest BCUT2D eigenvalue weighted by atomic mass is 9.88. The van der Waals surface area contributed by atoms with Crippen LogP contribution in [0.5, 0.6) is 5.75 Å². The Hall–Kier alpha value is -0.250. The van der Waals surface area contributed by atoms with Gasteiger partial charge in [0.15, 0.2) is 0 Å². The summed E-state index contributed by atoms with van der Waals surface area (Å²) in [6, 6.07) is 6.19. The predicted molar refractivity (Wildman–Crippen MR) is 84.0 cm³/mol. The zero-order valence-electron chi connectivity index (χ0n) is 11.3. The van der Waals surface area contributed by atoms with Crippen molar-refractivity contribution in [3.63, 3.8) is 0 Å². The van der Waals surface area contributed by atoms with E-state index >= 15 is 0 Å². The van der Waals surface area contributed by atoms with Crippen LogP contribution in [0.25, 0.3) is 0 Å². The molecule has 1 aliphatic rings. The van der Waals surface area contributed by atoms with Gasteiger partial charge < -0.3 is 10.1 Å². The number of benzene rings is 1. The molecule has 0 amide bonds. The number of methoxy groups -OCH3 is 1.